The van der Waals surface area contributed by atoms with Gasteiger partial charge in [0.1, 0.15) is 11.6 Å². The summed E-state index contributed by atoms with van der Waals surface area (Å²) < 4.78 is 31.6. The van der Waals surface area contributed by atoms with Crippen LogP contribution in [0.15, 0.2) is 42.5 Å². The van der Waals surface area contributed by atoms with Crippen molar-refractivity contribution in [3.63, 3.8) is 0 Å². The minimum absolute atomic E-state index is 0.0170. The second kappa shape index (κ2) is 6.25. The van der Waals surface area contributed by atoms with E-state index < -0.39 is 11.8 Å². The molecule has 0 aliphatic rings. The summed E-state index contributed by atoms with van der Waals surface area (Å²) in [6.07, 6.45) is 0. The van der Waals surface area contributed by atoms with Crippen molar-refractivity contribution in [3.05, 3.63) is 70.8 Å². The zero-order valence-electron chi connectivity index (χ0n) is 10.5. The zero-order valence-corrected chi connectivity index (χ0v) is 10.5. The molecule has 0 aromatic heterocycles. The fraction of sp³-hybridized carbons (Fsp3) is 0.133. The van der Waals surface area contributed by atoms with E-state index in [4.69, 9.17) is 9.84 Å². The number of hydrogen-bond acceptors (Lipinski definition) is 2. The molecule has 0 amide bonds. The molecule has 1 N–H and O–H groups in total. The Morgan fingerprint density at radius 2 is 1.75 bits per heavy atom. The van der Waals surface area contributed by atoms with E-state index in [2.05, 4.69) is 0 Å². The monoisotopic (exact) mass is 278 g/mol. The molecule has 2 aromatic rings. The Bertz CT molecular complexity index is 626. The first-order chi connectivity index (χ1) is 9.58. The molecule has 2 rings (SSSR count). The van der Waals surface area contributed by atoms with E-state index in [1.54, 1.807) is 18.2 Å². The first-order valence-corrected chi connectivity index (χ1v) is 5.91. The molecule has 0 saturated heterocycles. The van der Waals surface area contributed by atoms with Crippen LogP contribution in [-0.4, -0.2) is 11.1 Å². The summed E-state index contributed by atoms with van der Waals surface area (Å²) in [6, 6.07) is 9.60. The van der Waals surface area contributed by atoms with Crippen LogP contribution >= 0.6 is 0 Å². The lowest BCUT2D eigenvalue weighted by Crippen LogP contribution is -2.05. The minimum atomic E-state index is -1.23. The molecule has 0 bridgehead atoms. The van der Waals surface area contributed by atoms with Crippen LogP contribution in [-0.2, 0) is 18.0 Å². The van der Waals surface area contributed by atoms with E-state index in [-0.39, 0.29) is 24.6 Å². The highest BCUT2D eigenvalue weighted by Crippen LogP contribution is 2.14. The number of carboxylic acids is 1. The normalized spacial score (nSPS) is 10.5. The van der Waals surface area contributed by atoms with Gasteiger partial charge in [0.25, 0.3) is 0 Å². The van der Waals surface area contributed by atoms with Crippen molar-refractivity contribution < 1.29 is 23.4 Å². The van der Waals surface area contributed by atoms with E-state index in [1.165, 1.54) is 12.1 Å². The highest BCUT2D eigenvalue weighted by molar-refractivity contribution is 5.89. The summed E-state index contributed by atoms with van der Waals surface area (Å²) in [5.74, 6) is -2.24. The van der Waals surface area contributed by atoms with Gasteiger partial charge in [-0.1, -0.05) is 24.3 Å². The lowest BCUT2D eigenvalue weighted by atomic mass is 10.1. The molecular formula is C15H12F2O3. The summed E-state index contributed by atoms with van der Waals surface area (Å²) in [5, 5.41) is 8.97. The van der Waals surface area contributed by atoms with Gasteiger partial charge in [-0.2, -0.15) is 0 Å². The highest BCUT2D eigenvalue weighted by atomic mass is 19.1. The molecule has 0 aliphatic heterocycles. The maximum Gasteiger partial charge on any atom is 0.336 e. The summed E-state index contributed by atoms with van der Waals surface area (Å²) in [4.78, 5) is 11.0. The van der Waals surface area contributed by atoms with Gasteiger partial charge >= 0.3 is 5.97 Å². The smallest absolute Gasteiger partial charge is 0.336 e. The van der Waals surface area contributed by atoms with Crippen molar-refractivity contribution in [1.29, 1.82) is 0 Å². The molecule has 0 unspecified atom stereocenters. The van der Waals surface area contributed by atoms with Crippen molar-refractivity contribution in [3.8, 4) is 0 Å². The van der Waals surface area contributed by atoms with Crippen LogP contribution in [0, 0.1) is 11.6 Å². The van der Waals surface area contributed by atoms with E-state index in [0.29, 0.717) is 11.1 Å². The minimum Gasteiger partial charge on any atom is -0.478 e. The summed E-state index contributed by atoms with van der Waals surface area (Å²) in [7, 11) is 0. The molecule has 0 aliphatic carbocycles. The Kier molecular flexibility index (Phi) is 4.42. The van der Waals surface area contributed by atoms with Gasteiger partial charge in [-0.15, -0.1) is 0 Å². The summed E-state index contributed by atoms with van der Waals surface area (Å²) in [6.45, 7) is -0.0145. The van der Waals surface area contributed by atoms with Crippen molar-refractivity contribution in [1.82, 2.24) is 0 Å². The van der Waals surface area contributed by atoms with E-state index in [0.717, 1.165) is 12.1 Å². The maximum absolute atomic E-state index is 13.4. The Balaban J connectivity index is 2.05. The third-order valence-corrected chi connectivity index (χ3v) is 2.78. The number of ether oxygens (including phenoxy) is 1. The molecule has 20 heavy (non-hydrogen) atoms. The number of hydrogen-bond donors (Lipinski definition) is 1. The molecule has 0 spiro atoms. The van der Waals surface area contributed by atoms with Crippen LogP contribution in [0.2, 0.25) is 0 Å². The van der Waals surface area contributed by atoms with Crippen molar-refractivity contribution >= 4 is 5.97 Å². The van der Waals surface area contributed by atoms with Crippen LogP contribution in [0.3, 0.4) is 0 Å². The molecule has 0 atom stereocenters. The number of aromatic carboxylic acids is 1. The molecule has 3 nitrogen and oxygen atoms in total. The van der Waals surface area contributed by atoms with Gasteiger partial charge in [0.15, 0.2) is 0 Å². The average Bonchev–Trinajstić information content (AvgIpc) is 2.42. The molecule has 5 heteroatoms. The number of carboxylic acid groups (broad SMARTS) is 1. The van der Waals surface area contributed by atoms with Gasteiger partial charge in [0, 0.05) is 5.56 Å². The predicted octanol–water partition coefficient (Wildman–Crippen LogP) is 3.38. The van der Waals surface area contributed by atoms with Gasteiger partial charge in [0.05, 0.1) is 18.8 Å². The average molecular weight is 278 g/mol. The van der Waals surface area contributed by atoms with Crippen LogP contribution in [0.25, 0.3) is 0 Å². The zero-order chi connectivity index (χ0) is 14.5. The number of benzene rings is 2. The summed E-state index contributed by atoms with van der Waals surface area (Å²) in [5.41, 5.74) is 0.570. The number of rotatable bonds is 5. The first kappa shape index (κ1) is 14.1. The van der Waals surface area contributed by atoms with Crippen molar-refractivity contribution in [2.45, 2.75) is 13.2 Å². The molecular weight excluding hydrogens is 266 g/mol. The molecule has 0 fully saturated rings. The third kappa shape index (κ3) is 3.39. The van der Waals surface area contributed by atoms with Crippen LogP contribution in [0.1, 0.15) is 21.5 Å². The van der Waals surface area contributed by atoms with Crippen LogP contribution < -0.4 is 0 Å². The SMILES string of the molecule is O=C(O)c1cc(F)ccc1COCc1ccccc1F. The maximum atomic E-state index is 13.4. The standard InChI is InChI=1S/C15H12F2O3/c16-12-6-5-10(13(7-12)15(18)19)8-20-9-11-3-1-2-4-14(11)17/h1-7H,8-9H2,(H,18,19). The number of halogens is 2. The molecule has 0 saturated carbocycles. The van der Waals surface area contributed by atoms with Gasteiger partial charge in [-0.05, 0) is 23.8 Å². The van der Waals surface area contributed by atoms with Crippen molar-refractivity contribution in [2.75, 3.05) is 0 Å². The Hall–Kier alpha value is -2.27. The van der Waals surface area contributed by atoms with Crippen molar-refractivity contribution in [2.24, 2.45) is 0 Å². The van der Waals surface area contributed by atoms with Crippen LogP contribution in [0.5, 0.6) is 0 Å². The van der Waals surface area contributed by atoms with Gasteiger partial charge in [-0.25, -0.2) is 13.6 Å². The third-order valence-electron chi connectivity index (χ3n) is 2.78. The van der Waals surface area contributed by atoms with Gasteiger partial charge in [0.2, 0.25) is 0 Å². The molecule has 0 heterocycles. The molecule has 0 radical (unpaired) electrons. The topological polar surface area (TPSA) is 46.5 Å². The largest absolute Gasteiger partial charge is 0.478 e. The number of carbonyl (C=O) groups is 1. The molecule has 104 valence electrons. The lowest BCUT2D eigenvalue weighted by Gasteiger charge is -2.08. The molecule has 2 aromatic carbocycles. The second-order valence-corrected chi connectivity index (χ2v) is 4.19. The quantitative estimate of drug-likeness (QED) is 0.912. The Labute approximate surface area is 114 Å². The summed E-state index contributed by atoms with van der Waals surface area (Å²) >= 11 is 0. The van der Waals surface area contributed by atoms with Gasteiger partial charge < -0.3 is 9.84 Å². The Morgan fingerprint density at radius 3 is 2.45 bits per heavy atom. The van der Waals surface area contributed by atoms with Crippen LogP contribution in [0.4, 0.5) is 8.78 Å². The second-order valence-electron chi connectivity index (χ2n) is 4.19. The Morgan fingerprint density at radius 1 is 1.05 bits per heavy atom. The van der Waals surface area contributed by atoms with E-state index in [1.807, 2.05) is 0 Å². The fourth-order valence-electron chi connectivity index (χ4n) is 1.76. The van der Waals surface area contributed by atoms with E-state index in [9.17, 15) is 13.6 Å². The van der Waals surface area contributed by atoms with E-state index >= 15 is 0 Å². The van der Waals surface area contributed by atoms with Gasteiger partial charge in [-0.3, -0.25) is 0 Å². The first-order valence-electron chi connectivity index (χ1n) is 5.91. The highest BCUT2D eigenvalue weighted by Gasteiger charge is 2.11. The lowest BCUT2D eigenvalue weighted by molar-refractivity contribution is 0.0682. The fourth-order valence-corrected chi connectivity index (χ4v) is 1.76. The predicted molar refractivity (Wildman–Crippen MR) is 68.3 cm³/mol.